The first-order chi connectivity index (χ1) is 11.1. The quantitative estimate of drug-likeness (QED) is 0.895. The molecule has 2 aliphatic carbocycles. The van der Waals surface area contributed by atoms with Crippen LogP contribution in [-0.2, 0) is 17.6 Å². The van der Waals surface area contributed by atoms with Crippen LogP contribution in [0.2, 0.25) is 0 Å². The van der Waals surface area contributed by atoms with Crippen molar-refractivity contribution in [3.05, 3.63) is 64.9 Å². The van der Waals surface area contributed by atoms with E-state index in [-0.39, 0.29) is 11.8 Å². The number of carbonyl (C=O) groups is 2. The Morgan fingerprint density at radius 2 is 1.91 bits per heavy atom. The summed E-state index contributed by atoms with van der Waals surface area (Å²) in [5.74, 6) is -0.0186. The smallest absolute Gasteiger partial charge is 0.308 e. The maximum absolute atomic E-state index is 12.2. The van der Waals surface area contributed by atoms with Crippen molar-refractivity contribution in [2.24, 2.45) is 0 Å². The molecule has 4 heteroatoms. The van der Waals surface area contributed by atoms with Crippen molar-refractivity contribution < 1.29 is 9.59 Å². The molecule has 0 unspecified atom stereocenters. The van der Waals surface area contributed by atoms with Gasteiger partial charge in [0.15, 0.2) is 5.78 Å². The zero-order valence-electron chi connectivity index (χ0n) is 13.2. The number of carbonyl (C=O) groups excluding carboxylic acids is 2. The van der Waals surface area contributed by atoms with E-state index in [0.717, 1.165) is 18.5 Å². The van der Waals surface area contributed by atoms with Crippen molar-refractivity contribution in [1.29, 1.82) is 0 Å². The number of nitrogens with one attached hydrogen (secondary N) is 2. The maximum Gasteiger partial charge on any atom is 0.323 e. The molecule has 118 valence electrons. The number of hydrogen-bond donors (Lipinski definition) is 2. The molecule has 0 aliphatic heterocycles. The lowest BCUT2D eigenvalue weighted by molar-refractivity contribution is -0.113. The Bertz CT molecular complexity index is 742. The molecule has 0 saturated heterocycles. The van der Waals surface area contributed by atoms with Crippen LogP contribution in [0, 0.1) is 0 Å². The van der Waals surface area contributed by atoms with Gasteiger partial charge in [-0.1, -0.05) is 24.3 Å². The Hall–Kier alpha value is -2.62. The highest BCUT2D eigenvalue weighted by molar-refractivity contribution is 5.97. The summed E-state index contributed by atoms with van der Waals surface area (Å²) < 4.78 is 0. The van der Waals surface area contributed by atoms with Crippen LogP contribution in [-0.4, -0.2) is 11.8 Å². The van der Waals surface area contributed by atoms with Crippen LogP contribution < -0.4 is 10.6 Å². The average Bonchev–Trinajstić information content (AvgIpc) is 2.84. The van der Waals surface area contributed by atoms with E-state index >= 15 is 0 Å². The topological polar surface area (TPSA) is 58.2 Å². The molecule has 0 aromatic heterocycles. The summed E-state index contributed by atoms with van der Waals surface area (Å²) in [6, 6.07) is 5.77. The molecule has 0 bridgehead atoms. The van der Waals surface area contributed by atoms with Crippen molar-refractivity contribution in [2.75, 3.05) is 5.32 Å². The minimum Gasteiger partial charge on any atom is -0.308 e. The maximum atomic E-state index is 12.2. The first-order valence-electron chi connectivity index (χ1n) is 7.91. The number of ketones is 1. The van der Waals surface area contributed by atoms with Crippen molar-refractivity contribution in [3.8, 4) is 0 Å². The Labute approximate surface area is 136 Å². The third-order valence-corrected chi connectivity index (χ3v) is 4.10. The minimum atomic E-state index is -0.296. The number of urea groups is 1. The van der Waals surface area contributed by atoms with E-state index in [1.165, 1.54) is 24.5 Å². The van der Waals surface area contributed by atoms with Crippen LogP contribution in [0.4, 0.5) is 10.5 Å². The van der Waals surface area contributed by atoms with Crippen molar-refractivity contribution >= 4 is 17.5 Å². The lowest BCUT2D eigenvalue weighted by Gasteiger charge is -2.10. The second-order valence-corrected chi connectivity index (χ2v) is 5.87. The Morgan fingerprint density at radius 1 is 1.09 bits per heavy atom. The van der Waals surface area contributed by atoms with Gasteiger partial charge in [0, 0.05) is 17.0 Å². The first kappa shape index (κ1) is 15.3. The van der Waals surface area contributed by atoms with Gasteiger partial charge in [-0.2, -0.15) is 0 Å². The number of benzene rings is 1. The van der Waals surface area contributed by atoms with Crippen LogP contribution in [0.3, 0.4) is 0 Å². The van der Waals surface area contributed by atoms with E-state index in [0.29, 0.717) is 17.7 Å². The molecular weight excluding hydrogens is 288 g/mol. The third-order valence-electron chi connectivity index (χ3n) is 4.10. The molecule has 2 N–H and O–H groups in total. The molecule has 0 heterocycles. The number of anilines is 1. The Kier molecular flexibility index (Phi) is 4.42. The molecule has 1 aromatic carbocycles. The number of aryl methyl sites for hydroxylation is 2. The first-order valence-corrected chi connectivity index (χ1v) is 7.91. The number of Topliss-reactive ketones (excluding diaryl/α,β-unsaturated/α-hetero) is 1. The lowest BCUT2D eigenvalue weighted by atomic mass is 10.1. The van der Waals surface area contributed by atoms with Gasteiger partial charge in [0.05, 0.1) is 0 Å². The van der Waals surface area contributed by atoms with Gasteiger partial charge in [-0.05, 0) is 61.9 Å². The van der Waals surface area contributed by atoms with Gasteiger partial charge in [-0.3, -0.25) is 4.79 Å². The normalized spacial score (nSPS) is 16.0. The molecule has 0 atom stereocenters. The van der Waals surface area contributed by atoms with E-state index in [1.54, 1.807) is 12.2 Å². The van der Waals surface area contributed by atoms with Gasteiger partial charge < -0.3 is 10.6 Å². The predicted molar refractivity (Wildman–Crippen MR) is 91.2 cm³/mol. The summed E-state index contributed by atoms with van der Waals surface area (Å²) in [7, 11) is 0. The van der Waals surface area contributed by atoms with Crippen molar-refractivity contribution in [1.82, 2.24) is 5.32 Å². The summed E-state index contributed by atoms with van der Waals surface area (Å²) >= 11 is 0. The number of allylic oxidation sites excluding steroid dienone is 5. The molecule has 0 radical (unpaired) electrons. The summed E-state index contributed by atoms with van der Waals surface area (Å²) in [6.45, 7) is 1.52. The molecular formula is C19H20N2O2. The number of rotatable bonds is 3. The molecule has 23 heavy (non-hydrogen) atoms. The number of fused-ring (bicyclic) bond motifs is 1. The fourth-order valence-electron chi connectivity index (χ4n) is 2.91. The standard InChI is InChI=1S/C19H20N2O2/c1-13(22)15-5-2-3-8-17(11-15)20-19(23)21-18-10-9-14-6-4-7-16(14)12-18/h2,5,8-12H,3-4,6-7H2,1H3,(H2,20,21,23). The SMILES string of the molecule is CC(=O)C1=CC(NC(=O)Nc2ccc3c(c2)CCC3)=CCC=C1. The Morgan fingerprint density at radius 3 is 2.74 bits per heavy atom. The van der Waals surface area contributed by atoms with Crippen molar-refractivity contribution in [3.63, 3.8) is 0 Å². The molecule has 0 saturated carbocycles. The van der Waals surface area contributed by atoms with E-state index in [2.05, 4.69) is 16.7 Å². The van der Waals surface area contributed by atoms with Gasteiger partial charge in [0.25, 0.3) is 0 Å². The van der Waals surface area contributed by atoms with Crippen LogP contribution in [0.1, 0.15) is 30.9 Å². The molecule has 2 amide bonds. The largest absolute Gasteiger partial charge is 0.323 e. The second kappa shape index (κ2) is 6.65. The van der Waals surface area contributed by atoms with Crippen molar-refractivity contribution in [2.45, 2.75) is 32.6 Å². The third kappa shape index (κ3) is 3.77. The van der Waals surface area contributed by atoms with Gasteiger partial charge in [0.2, 0.25) is 0 Å². The fraction of sp³-hybridized carbons (Fsp3) is 0.263. The second-order valence-electron chi connectivity index (χ2n) is 5.87. The molecule has 4 nitrogen and oxygen atoms in total. The van der Waals surface area contributed by atoms with E-state index < -0.39 is 0 Å². The highest BCUT2D eigenvalue weighted by Crippen LogP contribution is 2.24. The highest BCUT2D eigenvalue weighted by Gasteiger charge is 2.12. The predicted octanol–water partition coefficient (Wildman–Crippen LogP) is 3.66. The molecule has 2 aliphatic rings. The van der Waals surface area contributed by atoms with Gasteiger partial charge in [0.1, 0.15) is 0 Å². The minimum absolute atomic E-state index is 0.0186. The monoisotopic (exact) mass is 308 g/mol. The average molecular weight is 308 g/mol. The van der Waals surface area contributed by atoms with Crippen LogP contribution in [0.5, 0.6) is 0 Å². The number of amides is 2. The highest BCUT2D eigenvalue weighted by atomic mass is 16.2. The van der Waals surface area contributed by atoms with Crippen LogP contribution in [0.25, 0.3) is 0 Å². The summed E-state index contributed by atoms with van der Waals surface area (Å²) in [5, 5.41) is 5.66. The zero-order valence-corrected chi connectivity index (χ0v) is 13.2. The molecule has 1 aromatic rings. The van der Waals surface area contributed by atoms with Gasteiger partial charge >= 0.3 is 6.03 Å². The summed E-state index contributed by atoms with van der Waals surface area (Å²) in [5.41, 5.74) is 4.72. The Balaban J connectivity index is 1.66. The van der Waals surface area contributed by atoms with E-state index in [1.807, 2.05) is 24.3 Å². The summed E-state index contributed by atoms with van der Waals surface area (Å²) in [6.07, 6.45) is 11.3. The lowest BCUT2D eigenvalue weighted by Crippen LogP contribution is -2.27. The van der Waals surface area contributed by atoms with Gasteiger partial charge in [-0.15, -0.1) is 0 Å². The molecule has 0 spiro atoms. The molecule has 0 fully saturated rings. The fourth-order valence-corrected chi connectivity index (χ4v) is 2.91. The van der Waals surface area contributed by atoms with Gasteiger partial charge in [-0.25, -0.2) is 4.79 Å². The number of hydrogen-bond acceptors (Lipinski definition) is 2. The van der Waals surface area contributed by atoms with E-state index in [4.69, 9.17) is 0 Å². The molecule has 3 rings (SSSR count). The zero-order chi connectivity index (χ0) is 16.2. The summed E-state index contributed by atoms with van der Waals surface area (Å²) in [4.78, 5) is 23.7. The van der Waals surface area contributed by atoms with Crippen LogP contribution >= 0.6 is 0 Å². The van der Waals surface area contributed by atoms with E-state index in [9.17, 15) is 9.59 Å². The van der Waals surface area contributed by atoms with Crippen LogP contribution in [0.15, 0.2) is 53.8 Å².